The average molecular weight is 362 g/mol. The predicted molar refractivity (Wildman–Crippen MR) is 106 cm³/mol. The van der Waals surface area contributed by atoms with Gasteiger partial charge in [0.2, 0.25) is 0 Å². The number of para-hydroxylation sites is 1. The summed E-state index contributed by atoms with van der Waals surface area (Å²) in [6.45, 7) is 3.76. The summed E-state index contributed by atoms with van der Waals surface area (Å²) >= 11 is 0. The quantitative estimate of drug-likeness (QED) is 0.665. The largest absolute Gasteiger partial charge is 0.322 e. The molecule has 0 radical (unpaired) electrons. The van der Waals surface area contributed by atoms with E-state index in [9.17, 15) is 14.4 Å². The molecule has 1 aliphatic heterocycles. The third-order valence-corrected chi connectivity index (χ3v) is 4.62. The molecule has 5 heteroatoms. The van der Waals surface area contributed by atoms with E-state index in [1.165, 1.54) is 13.0 Å². The van der Waals surface area contributed by atoms with Gasteiger partial charge in [0.15, 0.2) is 5.78 Å². The molecular weight excluding hydrogens is 340 g/mol. The van der Waals surface area contributed by atoms with E-state index < -0.39 is 0 Å². The lowest BCUT2D eigenvalue weighted by atomic mass is 10.0. The average Bonchev–Trinajstić information content (AvgIpc) is 2.67. The molecule has 1 N–H and O–H groups in total. The molecule has 0 aromatic heterocycles. The molecule has 0 aliphatic carbocycles. The number of hydrogen-bond acceptors (Lipinski definition) is 3. The Morgan fingerprint density at radius 3 is 2.41 bits per heavy atom. The third-order valence-electron chi connectivity index (χ3n) is 4.62. The van der Waals surface area contributed by atoms with Crippen LogP contribution >= 0.6 is 0 Å². The van der Waals surface area contributed by atoms with Gasteiger partial charge in [-0.05, 0) is 62.6 Å². The summed E-state index contributed by atoms with van der Waals surface area (Å²) in [5.41, 5.74) is 3.56. The second-order valence-electron chi connectivity index (χ2n) is 6.64. The summed E-state index contributed by atoms with van der Waals surface area (Å²) < 4.78 is 0. The van der Waals surface area contributed by atoms with Gasteiger partial charge in [0.05, 0.1) is 0 Å². The molecule has 0 atom stereocenters. The molecule has 0 bridgehead atoms. The number of anilines is 2. The Labute approximate surface area is 158 Å². The van der Waals surface area contributed by atoms with Crippen molar-refractivity contribution >= 4 is 29.0 Å². The van der Waals surface area contributed by atoms with Crippen LogP contribution in [0.5, 0.6) is 0 Å². The SMILES string of the molecule is CC(=O)c1ccc(NC(=O)/C(C)=C\C(=O)N2CCCc3ccccc32)cc1. The molecule has 2 amide bonds. The first kappa shape index (κ1) is 18.6. The van der Waals surface area contributed by atoms with E-state index in [4.69, 9.17) is 0 Å². The lowest BCUT2D eigenvalue weighted by molar-refractivity contribution is -0.116. The number of carbonyl (C=O) groups excluding carboxylic acids is 3. The van der Waals surface area contributed by atoms with Crippen LogP contribution in [-0.4, -0.2) is 24.1 Å². The topological polar surface area (TPSA) is 66.5 Å². The van der Waals surface area contributed by atoms with Crippen LogP contribution in [0, 0.1) is 0 Å². The Hall–Kier alpha value is -3.21. The van der Waals surface area contributed by atoms with E-state index in [1.54, 1.807) is 36.1 Å². The number of Topliss-reactive ketones (excluding diaryl/α,β-unsaturated/α-hetero) is 1. The van der Waals surface area contributed by atoms with Gasteiger partial charge in [-0.25, -0.2) is 0 Å². The standard InChI is InChI=1S/C22H22N2O3/c1-15(22(27)23-19-11-9-17(10-12-19)16(2)25)14-21(26)24-13-5-7-18-6-3-4-8-20(18)24/h3-4,6,8-12,14H,5,7,13H2,1-2H3,(H,23,27)/b15-14-. The lowest BCUT2D eigenvalue weighted by Crippen LogP contribution is -2.34. The summed E-state index contributed by atoms with van der Waals surface area (Å²) in [5, 5.41) is 2.75. The van der Waals surface area contributed by atoms with Crippen molar-refractivity contribution in [3.63, 3.8) is 0 Å². The van der Waals surface area contributed by atoms with Gasteiger partial charge in [-0.3, -0.25) is 14.4 Å². The molecular formula is C22H22N2O3. The number of benzene rings is 2. The number of carbonyl (C=O) groups is 3. The number of rotatable bonds is 4. The molecule has 0 unspecified atom stereocenters. The fraction of sp³-hybridized carbons (Fsp3) is 0.227. The predicted octanol–water partition coefficient (Wildman–Crippen LogP) is 3.75. The maximum atomic E-state index is 12.7. The highest BCUT2D eigenvalue weighted by Gasteiger charge is 2.21. The molecule has 138 valence electrons. The number of ketones is 1. The van der Waals surface area contributed by atoms with Crippen LogP contribution in [0.4, 0.5) is 11.4 Å². The number of fused-ring (bicyclic) bond motifs is 1. The van der Waals surface area contributed by atoms with Gasteiger partial charge in [0.1, 0.15) is 0 Å². The van der Waals surface area contributed by atoms with E-state index >= 15 is 0 Å². The summed E-state index contributed by atoms with van der Waals surface area (Å²) in [7, 11) is 0. The molecule has 1 heterocycles. The van der Waals surface area contributed by atoms with E-state index in [2.05, 4.69) is 5.32 Å². The molecule has 3 rings (SSSR count). The highest BCUT2D eigenvalue weighted by Crippen LogP contribution is 2.27. The van der Waals surface area contributed by atoms with Crippen molar-refractivity contribution in [3.8, 4) is 0 Å². The third kappa shape index (κ3) is 4.31. The van der Waals surface area contributed by atoms with Crippen LogP contribution in [0.1, 0.15) is 36.2 Å². The maximum Gasteiger partial charge on any atom is 0.251 e. The zero-order chi connectivity index (χ0) is 19.4. The normalized spacial score (nSPS) is 13.7. The zero-order valence-corrected chi connectivity index (χ0v) is 15.5. The Morgan fingerprint density at radius 2 is 1.70 bits per heavy atom. The van der Waals surface area contributed by atoms with Gasteiger partial charge in [-0.1, -0.05) is 18.2 Å². The van der Waals surface area contributed by atoms with E-state index in [0.717, 1.165) is 24.1 Å². The van der Waals surface area contributed by atoms with Crippen LogP contribution in [0.2, 0.25) is 0 Å². The summed E-state index contributed by atoms with van der Waals surface area (Å²) in [5.74, 6) is -0.567. The number of amides is 2. The van der Waals surface area contributed by atoms with Gasteiger partial charge in [-0.15, -0.1) is 0 Å². The van der Waals surface area contributed by atoms with Crippen LogP contribution in [0.25, 0.3) is 0 Å². The first-order valence-electron chi connectivity index (χ1n) is 8.96. The lowest BCUT2D eigenvalue weighted by Gasteiger charge is -2.28. The second-order valence-corrected chi connectivity index (χ2v) is 6.64. The fourth-order valence-electron chi connectivity index (χ4n) is 3.11. The van der Waals surface area contributed by atoms with Crippen molar-refractivity contribution in [2.45, 2.75) is 26.7 Å². The summed E-state index contributed by atoms with van der Waals surface area (Å²) in [4.78, 5) is 38.1. The molecule has 2 aromatic rings. The van der Waals surface area contributed by atoms with Crippen LogP contribution in [0.3, 0.4) is 0 Å². The zero-order valence-electron chi connectivity index (χ0n) is 15.5. The monoisotopic (exact) mass is 362 g/mol. The van der Waals surface area contributed by atoms with Gasteiger partial charge < -0.3 is 10.2 Å². The fourth-order valence-corrected chi connectivity index (χ4v) is 3.11. The molecule has 1 aliphatic rings. The molecule has 0 fully saturated rings. The van der Waals surface area contributed by atoms with Crippen LogP contribution in [-0.2, 0) is 16.0 Å². The smallest absolute Gasteiger partial charge is 0.251 e. The van der Waals surface area contributed by atoms with Crippen molar-refractivity contribution in [3.05, 3.63) is 71.3 Å². The van der Waals surface area contributed by atoms with Crippen molar-refractivity contribution in [1.29, 1.82) is 0 Å². The van der Waals surface area contributed by atoms with Crippen molar-refractivity contribution < 1.29 is 14.4 Å². The molecule has 2 aromatic carbocycles. The Morgan fingerprint density at radius 1 is 1.00 bits per heavy atom. The highest BCUT2D eigenvalue weighted by atomic mass is 16.2. The number of nitrogens with zero attached hydrogens (tertiary/aromatic N) is 1. The molecule has 27 heavy (non-hydrogen) atoms. The number of hydrogen-bond donors (Lipinski definition) is 1. The van der Waals surface area contributed by atoms with Gasteiger partial charge in [0.25, 0.3) is 11.8 Å². The molecule has 5 nitrogen and oxygen atoms in total. The number of aryl methyl sites for hydroxylation is 1. The molecule has 0 saturated heterocycles. The minimum atomic E-state index is -0.343. The summed E-state index contributed by atoms with van der Waals surface area (Å²) in [6, 6.07) is 14.5. The Balaban J connectivity index is 1.70. The van der Waals surface area contributed by atoms with Crippen molar-refractivity contribution in [2.24, 2.45) is 0 Å². The Kier molecular flexibility index (Phi) is 5.50. The van der Waals surface area contributed by atoms with Crippen LogP contribution in [0.15, 0.2) is 60.2 Å². The van der Waals surface area contributed by atoms with Gasteiger partial charge >= 0.3 is 0 Å². The van der Waals surface area contributed by atoms with Crippen LogP contribution < -0.4 is 10.2 Å². The highest BCUT2D eigenvalue weighted by molar-refractivity contribution is 6.11. The minimum absolute atomic E-state index is 0.0311. The van der Waals surface area contributed by atoms with Gasteiger partial charge in [-0.2, -0.15) is 0 Å². The minimum Gasteiger partial charge on any atom is -0.322 e. The molecule has 0 saturated carbocycles. The first-order chi connectivity index (χ1) is 13.0. The first-order valence-corrected chi connectivity index (χ1v) is 8.96. The Bertz CT molecular complexity index is 913. The van der Waals surface area contributed by atoms with Crippen molar-refractivity contribution in [1.82, 2.24) is 0 Å². The van der Waals surface area contributed by atoms with E-state index in [1.807, 2.05) is 24.3 Å². The van der Waals surface area contributed by atoms with Gasteiger partial charge in [0, 0.05) is 35.1 Å². The maximum absolute atomic E-state index is 12.7. The number of nitrogens with one attached hydrogen (secondary N) is 1. The second kappa shape index (κ2) is 7.99. The molecule has 0 spiro atoms. The van der Waals surface area contributed by atoms with Crippen molar-refractivity contribution in [2.75, 3.05) is 16.8 Å². The van der Waals surface area contributed by atoms with E-state index in [0.29, 0.717) is 23.4 Å². The summed E-state index contributed by atoms with van der Waals surface area (Å²) in [6.07, 6.45) is 3.24. The van der Waals surface area contributed by atoms with E-state index in [-0.39, 0.29) is 17.6 Å².